The Bertz CT molecular complexity index is 736. The second kappa shape index (κ2) is 5.16. The van der Waals surface area contributed by atoms with Crippen molar-refractivity contribution in [3.8, 4) is 0 Å². The van der Waals surface area contributed by atoms with E-state index in [9.17, 15) is 4.79 Å². The van der Waals surface area contributed by atoms with Crippen molar-refractivity contribution >= 4 is 31.1 Å². The molecule has 0 saturated heterocycles. The Morgan fingerprint density at radius 3 is 2.48 bits per heavy atom. The van der Waals surface area contributed by atoms with Crippen molar-refractivity contribution < 1.29 is 4.79 Å². The molecule has 4 rings (SSSR count). The molecular weight excluding hydrogens is 300 g/mol. The van der Waals surface area contributed by atoms with E-state index in [-0.39, 0.29) is 5.91 Å². The summed E-state index contributed by atoms with van der Waals surface area (Å²) in [5.74, 6) is 1.19. The van der Waals surface area contributed by atoms with Gasteiger partial charge in [0.1, 0.15) is 5.84 Å². The van der Waals surface area contributed by atoms with Crippen molar-refractivity contribution in [3.63, 3.8) is 0 Å². The number of fused-ring (bicyclic) bond motifs is 3. The molecule has 2 heterocycles. The van der Waals surface area contributed by atoms with Gasteiger partial charge in [-0.05, 0) is 18.9 Å². The van der Waals surface area contributed by atoms with Crippen LogP contribution < -0.4 is 0 Å². The number of carbonyl (C=O) groups is 1. The molecule has 0 radical (unpaired) electrons. The average molecular weight is 325 g/mol. The third kappa shape index (κ3) is 2.23. The molecule has 120 valence electrons. The van der Waals surface area contributed by atoms with Crippen molar-refractivity contribution in [3.05, 3.63) is 35.0 Å². The normalized spacial score (nSPS) is 21.6. The number of hydrogen-bond acceptors (Lipinski definition) is 2. The molecule has 2 aliphatic heterocycles. The largest absolute Gasteiger partial charge is 0.290 e. The summed E-state index contributed by atoms with van der Waals surface area (Å²) in [4.78, 5) is 20.2. The molecule has 0 spiro atoms. The fourth-order valence-electron chi connectivity index (χ4n) is 4.19. The third-order valence-corrected chi connectivity index (χ3v) is 7.19. The van der Waals surface area contributed by atoms with Crippen LogP contribution in [0.5, 0.6) is 0 Å². The van der Waals surface area contributed by atoms with Crippen LogP contribution in [0.4, 0.5) is 5.69 Å². The van der Waals surface area contributed by atoms with Gasteiger partial charge in [0.15, 0.2) is 0 Å². The topological polar surface area (TPSA) is 32.7 Å². The van der Waals surface area contributed by atoms with Gasteiger partial charge >= 0.3 is 0 Å². The predicted molar refractivity (Wildman–Crippen MR) is 97.5 cm³/mol. The molecule has 1 fully saturated rings. The van der Waals surface area contributed by atoms with E-state index < -0.39 is 8.07 Å². The first kappa shape index (κ1) is 14.9. The molecule has 1 aliphatic carbocycles. The zero-order valence-corrected chi connectivity index (χ0v) is 15.2. The number of rotatable bonds is 2. The number of benzene rings is 1. The van der Waals surface area contributed by atoms with Crippen LogP contribution in [0.2, 0.25) is 19.6 Å². The van der Waals surface area contributed by atoms with Gasteiger partial charge in [-0.2, -0.15) is 0 Å². The summed E-state index contributed by atoms with van der Waals surface area (Å²) in [6.45, 7) is 6.82. The molecule has 0 unspecified atom stereocenters. The number of nitrogens with zero attached hydrogens (tertiary/aromatic N) is 2. The Labute approximate surface area is 139 Å². The first-order chi connectivity index (χ1) is 11.0. The highest BCUT2D eigenvalue weighted by atomic mass is 28.3. The van der Waals surface area contributed by atoms with Crippen molar-refractivity contribution in [1.29, 1.82) is 0 Å². The Kier molecular flexibility index (Phi) is 3.34. The van der Waals surface area contributed by atoms with Crippen molar-refractivity contribution in [2.75, 3.05) is 0 Å². The van der Waals surface area contributed by atoms with Gasteiger partial charge in [0.2, 0.25) is 0 Å². The van der Waals surface area contributed by atoms with Gasteiger partial charge in [0, 0.05) is 22.4 Å². The number of carbonyl (C=O) groups excluding carboxylic acids is 1. The maximum absolute atomic E-state index is 13.3. The van der Waals surface area contributed by atoms with Crippen molar-refractivity contribution in [2.45, 2.75) is 57.8 Å². The van der Waals surface area contributed by atoms with E-state index in [1.165, 1.54) is 19.3 Å². The number of hydrogen-bond donors (Lipinski definition) is 0. The SMILES string of the molecule is C[Si](C)(C)C1=C2C(=Nc3ccccc32)N(C2CCCCC2)C1=O. The molecule has 1 aromatic rings. The predicted octanol–water partition coefficient (Wildman–Crippen LogP) is 4.54. The lowest BCUT2D eigenvalue weighted by Gasteiger charge is -2.32. The van der Waals surface area contributed by atoms with Crippen LogP contribution in [0.3, 0.4) is 0 Å². The maximum Gasteiger partial charge on any atom is 0.252 e. The van der Waals surface area contributed by atoms with Crippen LogP contribution >= 0.6 is 0 Å². The number of amides is 1. The van der Waals surface area contributed by atoms with E-state index in [0.29, 0.717) is 6.04 Å². The fraction of sp³-hybridized carbons (Fsp3) is 0.474. The minimum atomic E-state index is -1.74. The monoisotopic (exact) mass is 324 g/mol. The molecule has 0 aromatic heterocycles. The highest BCUT2D eigenvalue weighted by Crippen LogP contribution is 2.45. The number of para-hydroxylation sites is 1. The van der Waals surface area contributed by atoms with Crippen LogP contribution in [0, 0.1) is 0 Å². The zero-order chi connectivity index (χ0) is 16.2. The highest BCUT2D eigenvalue weighted by Gasteiger charge is 2.47. The maximum atomic E-state index is 13.3. The summed E-state index contributed by atoms with van der Waals surface area (Å²) >= 11 is 0. The van der Waals surface area contributed by atoms with E-state index in [2.05, 4.69) is 42.7 Å². The molecule has 0 bridgehead atoms. The molecule has 3 aliphatic rings. The standard InChI is InChI=1S/C19H24N2OSi/c1-23(2,3)17-16-14-11-7-8-12-15(14)20-18(16)21(19(17)22)13-9-5-4-6-10-13/h7-8,11-13H,4-6,9-10H2,1-3H3. The molecule has 3 nitrogen and oxygen atoms in total. The second-order valence-electron chi connectivity index (χ2n) is 7.92. The Hall–Kier alpha value is -1.68. The summed E-state index contributed by atoms with van der Waals surface area (Å²) in [6, 6.07) is 8.62. The Morgan fingerprint density at radius 1 is 1.09 bits per heavy atom. The van der Waals surface area contributed by atoms with Gasteiger partial charge < -0.3 is 0 Å². The van der Waals surface area contributed by atoms with Gasteiger partial charge in [-0.1, -0.05) is 57.1 Å². The first-order valence-electron chi connectivity index (χ1n) is 8.75. The van der Waals surface area contributed by atoms with Crippen molar-refractivity contribution in [1.82, 2.24) is 4.90 Å². The fourth-order valence-corrected chi connectivity index (χ4v) is 5.95. The van der Waals surface area contributed by atoms with Crippen LogP contribution in [0.15, 0.2) is 34.5 Å². The lowest BCUT2D eigenvalue weighted by Crippen LogP contribution is -2.44. The van der Waals surface area contributed by atoms with Gasteiger partial charge in [-0.25, -0.2) is 4.99 Å². The molecule has 23 heavy (non-hydrogen) atoms. The summed E-state index contributed by atoms with van der Waals surface area (Å²) in [5.41, 5.74) is 3.34. The van der Waals surface area contributed by atoms with Crippen LogP contribution in [-0.4, -0.2) is 30.8 Å². The van der Waals surface area contributed by atoms with E-state index >= 15 is 0 Å². The van der Waals surface area contributed by atoms with E-state index in [4.69, 9.17) is 4.99 Å². The summed E-state index contributed by atoms with van der Waals surface area (Å²) in [7, 11) is -1.74. The van der Waals surface area contributed by atoms with Crippen LogP contribution in [-0.2, 0) is 4.79 Å². The van der Waals surface area contributed by atoms with E-state index in [1.807, 2.05) is 6.07 Å². The van der Waals surface area contributed by atoms with Gasteiger partial charge in [0.25, 0.3) is 5.91 Å². The quantitative estimate of drug-likeness (QED) is 0.735. The second-order valence-corrected chi connectivity index (χ2v) is 12.9. The number of amidine groups is 1. The summed E-state index contributed by atoms with van der Waals surface area (Å²) < 4.78 is 0. The summed E-state index contributed by atoms with van der Waals surface area (Å²) in [5, 5.41) is 1.08. The van der Waals surface area contributed by atoms with Crippen molar-refractivity contribution in [2.24, 2.45) is 4.99 Å². The molecule has 1 saturated carbocycles. The molecule has 1 aromatic carbocycles. The van der Waals surface area contributed by atoms with E-state index in [0.717, 1.165) is 40.7 Å². The first-order valence-corrected chi connectivity index (χ1v) is 12.3. The van der Waals surface area contributed by atoms with Crippen LogP contribution in [0.1, 0.15) is 37.7 Å². The van der Waals surface area contributed by atoms with E-state index in [1.54, 1.807) is 0 Å². The van der Waals surface area contributed by atoms with Gasteiger partial charge in [-0.15, -0.1) is 0 Å². The smallest absolute Gasteiger partial charge is 0.252 e. The lowest BCUT2D eigenvalue weighted by atomic mass is 9.94. The van der Waals surface area contributed by atoms with Gasteiger partial charge in [-0.3, -0.25) is 9.69 Å². The molecular formula is C19H24N2OSi. The highest BCUT2D eigenvalue weighted by molar-refractivity contribution is 6.90. The zero-order valence-electron chi connectivity index (χ0n) is 14.2. The minimum absolute atomic E-state index is 0.249. The Morgan fingerprint density at radius 2 is 1.78 bits per heavy atom. The average Bonchev–Trinajstić information content (AvgIpc) is 3.00. The van der Waals surface area contributed by atoms with Gasteiger partial charge in [0.05, 0.1) is 13.8 Å². The lowest BCUT2D eigenvalue weighted by molar-refractivity contribution is -0.124. The Balaban J connectivity index is 1.86. The molecule has 4 heteroatoms. The molecule has 0 N–H and O–H groups in total. The molecule has 0 atom stereocenters. The van der Waals surface area contributed by atoms with Crippen LogP contribution in [0.25, 0.3) is 5.57 Å². The third-order valence-electron chi connectivity index (χ3n) is 5.22. The summed E-state index contributed by atoms with van der Waals surface area (Å²) in [6.07, 6.45) is 5.99. The molecule has 1 amide bonds. The minimum Gasteiger partial charge on any atom is -0.290 e. The number of aliphatic imine (C=N–C) groups is 1.